The number of rotatable bonds is 4. The van der Waals surface area contributed by atoms with Gasteiger partial charge < -0.3 is 15.3 Å². The van der Waals surface area contributed by atoms with Gasteiger partial charge in [-0.15, -0.1) is 0 Å². The molecule has 94 valence electrons. The molecule has 2 atom stereocenters. The van der Waals surface area contributed by atoms with Gasteiger partial charge in [0.1, 0.15) is 6.10 Å². The van der Waals surface area contributed by atoms with Crippen LogP contribution < -0.4 is 0 Å². The maximum absolute atomic E-state index is 10.5. The van der Waals surface area contributed by atoms with Crippen molar-refractivity contribution in [3.8, 4) is 0 Å². The Labute approximate surface area is 103 Å². The van der Waals surface area contributed by atoms with Crippen LogP contribution in [0.5, 0.6) is 0 Å². The minimum Gasteiger partial charge on any atom is -0.481 e. The Morgan fingerprint density at radius 3 is 2.78 bits per heavy atom. The number of carboxylic acid groups (broad SMARTS) is 1. The second kappa shape index (κ2) is 5.12. The second-order valence-electron chi connectivity index (χ2n) is 4.05. The molecule has 0 spiro atoms. The van der Waals surface area contributed by atoms with Crippen molar-refractivity contribution in [3.63, 3.8) is 0 Å². The second-order valence-corrected chi connectivity index (χ2v) is 4.05. The lowest BCUT2D eigenvalue weighted by Gasteiger charge is -2.18. The zero-order chi connectivity index (χ0) is 13.1. The molecule has 0 bridgehead atoms. The SMILES string of the molecule is O=C(O)CC(O)C(O)c1cccc2ccncc12. The molecule has 1 aromatic heterocycles. The summed E-state index contributed by atoms with van der Waals surface area (Å²) >= 11 is 0. The molecule has 3 N–H and O–H groups in total. The predicted molar refractivity (Wildman–Crippen MR) is 65.0 cm³/mol. The van der Waals surface area contributed by atoms with Gasteiger partial charge in [0.05, 0.1) is 12.5 Å². The Bertz CT molecular complexity index is 564. The van der Waals surface area contributed by atoms with Crippen LogP contribution >= 0.6 is 0 Å². The zero-order valence-corrected chi connectivity index (χ0v) is 9.52. The zero-order valence-electron chi connectivity index (χ0n) is 9.52. The first kappa shape index (κ1) is 12.5. The molecule has 1 heterocycles. The molecule has 1 aromatic carbocycles. The van der Waals surface area contributed by atoms with Crippen LogP contribution in [-0.4, -0.2) is 32.4 Å². The molecule has 18 heavy (non-hydrogen) atoms. The number of aliphatic hydroxyl groups is 2. The van der Waals surface area contributed by atoms with E-state index < -0.39 is 24.6 Å². The topological polar surface area (TPSA) is 90.7 Å². The van der Waals surface area contributed by atoms with E-state index in [-0.39, 0.29) is 0 Å². The number of carboxylic acids is 1. The highest BCUT2D eigenvalue weighted by atomic mass is 16.4. The average molecular weight is 247 g/mol. The van der Waals surface area contributed by atoms with Crippen molar-refractivity contribution in [2.75, 3.05) is 0 Å². The van der Waals surface area contributed by atoms with E-state index >= 15 is 0 Å². The van der Waals surface area contributed by atoms with Crippen molar-refractivity contribution < 1.29 is 20.1 Å². The normalized spacial score (nSPS) is 14.3. The van der Waals surface area contributed by atoms with Crippen molar-refractivity contribution in [2.24, 2.45) is 0 Å². The van der Waals surface area contributed by atoms with Crippen molar-refractivity contribution >= 4 is 16.7 Å². The van der Waals surface area contributed by atoms with Crippen LogP contribution in [0.4, 0.5) is 0 Å². The Kier molecular flexibility index (Phi) is 3.55. The quantitative estimate of drug-likeness (QED) is 0.752. The number of hydrogen-bond acceptors (Lipinski definition) is 4. The first-order valence-corrected chi connectivity index (χ1v) is 5.50. The Morgan fingerprint density at radius 2 is 2.06 bits per heavy atom. The highest BCUT2D eigenvalue weighted by molar-refractivity contribution is 5.85. The molecule has 0 aliphatic heterocycles. The van der Waals surface area contributed by atoms with Crippen LogP contribution in [0.2, 0.25) is 0 Å². The van der Waals surface area contributed by atoms with Gasteiger partial charge in [0.15, 0.2) is 0 Å². The number of benzene rings is 1. The Morgan fingerprint density at radius 1 is 1.28 bits per heavy atom. The third-order valence-electron chi connectivity index (χ3n) is 2.78. The molecular formula is C13H13NO4. The fraction of sp³-hybridized carbons (Fsp3) is 0.231. The summed E-state index contributed by atoms with van der Waals surface area (Å²) in [6, 6.07) is 7.04. The van der Waals surface area contributed by atoms with Gasteiger partial charge in [0, 0.05) is 17.8 Å². The molecule has 2 aromatic rings. The molecule has 0 saturated carbocycles. The Hall–Kier alpha value is -1.98. The first-order chi connectivity index (χ1) is 8.59. The molecule has 5 heteroatoms. The van der Waals surface area contributed by atoms with E-state index in [0.717, 1.165) is 5.39 Å². The number of aliphatic carboxylic acids is 1. The lowest BCUT2D eigenvalue weighted by Crippen LogP contribution is -2.21. The van der Waals surface area contributed by atoms with Crippen molar-refractivity contribution in [3.05, 3.63) is 42.2 Å². The molecule has 2 rings (SSSR count). The van der Waals surface area contributed by atoms with Gasteiger partial charge in [-0.25, -0.2) is 0 Å². The summed E-state index contributed by atoms with van der Waals surface area (Å²) in [5.74, 6) is -1.15. The number of carbonyl (C=O) groups is 1. The largest absolute Gasteiger partial charge is 0.481 e. The van der Waals surface area contributed by atoms with E-state index in [0.29, 0.717) is 10.9 Å². The number of fused-ring (bicyclic) bond motifs is 1. The number of aromatic nitrogens is 1. The summed E-state index contributed by atoms with van der Waals surface area (Å²) < 4.78 is 0. The van der Waals surface area contributed by atoms with Crippen LogP contribution in [0.25, 0.3) is 10.8 Å². The van der Waals surface area contributed by atoms with Gasteiger partial charge in [0.25, 0.3) is 0 Å². The third kappa shape index (κ3) is 2.47. The van der Waals surface area contributed by atoms with Crippen LogP contribution in [0.3, 0.4) is 0 Å². The van der Waals surface area contributed by atoms with Gasteiger partial charge in [-0.3, -0.25) is 9.78 Å². The van der Waals surface area contributed by atoms with Crippen LogP contribution in [-0.2, 0) is 4.79 Å². The van der Waals surface area contributed by atoms with Crippen molar-refractivity contribution in [2.45, 2.75) is 18.6 Å². The fourth-order valence-corrected chi connectivity index (χ4v) is 1.89. The first-order valence-electron chi connectivity index (χ1n) is 5.50. The number of nitrogens with zero attached hydrogens (tertiary/aromatic N) is 1. The molecule has 0 amide bonds. The average Bonchev–Trinajstić information content (AvgIpc) is 2.36. The fourth-order valence-electron chi connectivity index (χ4n) is 1.89. The predicted octanol–water partition coefficient (Wildman–Crippen LogP) is 1.10. The summed E-state index contributed by atoms with van der Waals surface area (Å²) in [6.45, 7) is 0. The highest BCUT2D eigenvalue weighted by Gasteiger charge is 2.22. The summed E-state index contributed by atoms with van der Waals surface area (Å²) in [4.78, 5) is 14.5. The molecule has 0 fully saturated rings. The summed E-state index contributed by atoms with van der Waals surface area (Å²) in [6.07, 6.45) is 0.132. The maximum Gasteiger partial charge on any atom is 0.306 e. The van der Waals surface area contributed by atoms with E-state index in [2.05, 4.69) is 4.98 Å². The van der Waals surface area contributed by atoms with Gasteiger partial charge in [-0.2, -0.15) is 0 Å². The van der Waals surface area contributed by atoms with Crippen LogP contribution in [0.1, 0.15) is 18.1 Å². The number of hydrogen-bond donors (Lipinski definition) is 3. The van der Waals surface area contributed by atoms with Crippen molar-refractivity contribution in [1.29, 1.82) is 0 Å². The van der Waals surface area contributed by atoms with Crippen LogP contribution in [0.15, 0.2) is 36.7 Å². The molecule has 0 aliphatic carbocycles. The number of aliphatic hydroxyl groups excluding tert-OH is 2. The lowest BCUT2D eigenvalue weighted by atomic mass is 9.97. The highest BCUT2D eigenvalue weighted by Crippen LogP contribution is 2.26. The van der Waals surface area contributed by atoms with Gasteiger partial charge in [0.2, 0.25) is 0 Å². The monoisotopic (exact) mass is 247 g/mol. The van der Waals surface area contributed by atoms with E-state index in [9.17, 15) is 15.0 Å². The van der Waals surface area contributed by atoms with Gasteiger partial charge in [-0.05, 0) is 17.0 Å². The molecule has 2 unspecified atom stereocenters. The van der Waals surface area contributed by atoms with E-state index in [1.807, 2.05) is 6.07 Å². The maximum atomic E-state index is 10.5. The van der Waals surface area contributed by atoms with E-state index in [1.165, 1.54) is 0 Å². The minimum absolute atomic E-state index is 0.481. The number of pyridine rings is 1. The third-order valence-corrected chi connectivity index (χ3v) is 2.78. The molecule has 5 nitrogen and oxygen atoms in total. The Balaban J connectivity index is 2.38. The van der Waals surface area contributed by atoms with Crippen LogP contribution in [0, 0.1) is 0 Å². The molecular weight excluding hydrogens is 234 g/mol. The molecule has 0 aliphatic rings. The lowest BCUT2D eigenvalue weighted by molar-refractivity contribution is -0.141. The molecule has 0 radical (unpaired) electrons. The smallest absolute Gasteiger partial charge is 0.306 e. The van der Waals surface area contributed by atoms with Gasteiger partial charge in [-0.1, -0.05) is 18.2 Å². The van der Waals surface area contributed by atoms with Gasteiger partial charge >= 0.3 is 5.97 Å². The summed E-state index contributed by atoms with van der Waals surface area (Å²) in [7, 11) is 0. The van der Waals surface area contributed by atoms with E-state index in [1.54, 1.807) is 30.6 Å². The van der Waals surface area contributed by atoms with E-state index in [4.69, 9.17) is 5.11 Å². The summed E-state index contributed by atoms with van der Waals surface area (Å²) in [5.41, 5.74) is 0.481. The van der Waals surface area contributed by atoms with Crippen molar-refractivity contribution in [1.82, 2.24) is 4.98 Å². The minimum atomic E-state index is -1.34. The summed E-state index contributed by atoms with van der Waals surface area (Å²) in [5, 5.41) is 29.8. The standard InChI is InChI=1S/C13H13NO4/c15-11(6-12(16)17)13(18)9-3-1-2-8-4-5-14-7-10(8)9/h1-5,7,11,13,15,18H,6H2,(H,16,17). The molecule has 0 saturated heterocycles.